The summed E-state index contributed by atoms with van der Waals surface area (Å²) in [6, 6.07) is 6.04. The Kier molecular flexibility index (Phi) is 3.38. The monoisotopic (exact) mass is 267 g/mol. The summed E-state index contributed by atoms with van der Waals surface area (Å²) in [7, 11) is 2.10. The van der Waals surface area contributed by atoms with Crippen LogP contribution in [0.3, 0.4) is 0 Å². The maximum Gasteiger partial charge on any atom is 0.137 e. The highest BCUT2D eigenvalue weighted by molar-refractivity contribution is 9.09. The van der Waals surface area contributed by atoms with Crippen molar-refractivity contribution in [3.05, 3.63) is 36.3 Å². The van der Waals surface area contributed by atoms with E-state index < -0.39 is 0 Å². The van der Waals surface area contributed by atoms with Crippen LogP contribution in [0.2, 0.25) is 0 Å². The Labute approximate surface area is 97.9 Å². The zero-order valence-corrected chi connectivity index (χ0v) is 10.3. The van der Waals surface area contributed by atoms with Crippen molar-refractivity contribution in [3.63, 3.8) is 0 Å². The van der Waals surface area contributed by atoms with Crippen molar-refractivity contribution in [2.24, 2.45) is 0 Å². The second-order valence-electron chi connectivity index (χ2n) is 3.63. The summed E-state index contributed by atoms with van der Waals surface area (Å²) in [5.74, 6) is 0. The maximum absolute atomic E-state index is 4.54. The van der Waals surface area contributed by atoms with Crippen LogP contribution in [0.1, 0.15) is 5.69 Å². The van der Waals surface area contributed by atoms with Gasteiger partial charge in [-0.15, -0.1) is 0 Å². The van der Waals surface area contributed by atoms with E-state index in [1.807, 2.05) is 24.4 Å². The fraction of sp³-hybridized carbons (Fsp3) is 0.364. The van der Waals surface area contributed by atoms with Crippen LogP contribution in [-0.2, 0) is 6.54 Å². The molecule has 0 fully saturated rings. The highest BCUT2D eigenvalue weighted by Crippen LogP contribution is 2.06. The van der Waals surface area contributed by atoms with E-state index in [4.69, 9.17) is 0 Å². The number of fused-ring (bicyclic) bond motifs is 1. The van der Waals surface area contributed by atoms with Gasteiger partial charge in [0.25, 0.3) is 0 Å². The van der Waals surface area contributed by atoms with Crippen LogP contribution < -0.4 is 0 Å². The summed E-state index contributed by atoms with van der Waals surface area (Å²) in [4.78, 5) is 6.79. The summed E-state index contributed by atoms with van der Waals surface area (Å²) in [5, 5.41) is 0.997. The number of rotatable bonds is 4. The molecule has 2 aromatic rings. The molecule has 0 amide bonds. The van der Waals surface area contributed by atoms with Crippen molar-refractivity contribution in [1.29, 1.82) is 0 Å². The predicted octanol–water partition coefficient (Wildman–Crippen LogP) is 2.16. The molecule has 2 aromatic heterocycles. The minimum atomic E-state index is 0.896. The third-order valence-electron chi connectivity index (χ3n) is 2.31. The van der Waals surface area contributed by atoms with Gasteiger partial charge < -0.3 is 4.40 Å². The van der Waals surface area contributed by atoms with Crippen LogP contribution in [0.25, 0.3) is 5.65 Å². The standard InChI is InChI=1S/C11H14BrN3/c1-14(7-5-12)8-10-9-15-6-3-2-4-11(15)13-10/h2-4,6,9H,5,7-8H2,1H3. The van der Waals surface area contributed by atoms with Gasteiger partial charge in [0.1, 0.15) is 5.65 Å². The van der Waals surface area contributed by atoms with Gasteiger partial charge in [-0.25, -0.2) is 4.98 Å². The van der Waals surface area contributed by atoms with Gasteiger partial charge in [-0.1, -0.05) is 22.0 Å². The van der Waals surface area contributed by atoms with E-state index in [0.29, 0.717) is 0 Å². The van der Waals surface area contributed by atoms with Crippen LogP contribution >= 0.6 is 15.9 Å². The molecular formula is C11H14BrN3. The SMILES string of the molecule is CN(CCBr)Cc1cn2ccccc2n1. The van der Waals surface area contributed by atoms with E-state index in [-0.39, 0.29) is 0 Å². The molecule has 0 aliphatic rings. The van der Waals surface area contributed by atoms with E-state index in [2.05, 4.69) is 43.5 Å². The number of alkyl halides is 1. The number of nitrogens with zero attached hydrogens (tertiary/aromatic N) is 3. The Morgan fingerprint density at radius 3 is 3.07 bits per heavy atom. The Morgan fingerprint density at radius 1 is 1.47 bits per heavy atom. The van der Waals surface area contributed by atoms with Crippen LogP contribution in [0.4, 0.5) is 0 Å². The highest BCUT2D eigenvalue weighted by Gasteiger charge is 2.03. The predicted molar refractivity (Wildman–Crippen MR) is 65.3 cm³/mol. The van der Waals surface area contributed by atoms with Gasteiger partial charge in [-0.3, -0.25) is 4.90 Å². The zero-order chi connectivity index (χ0) is 10.7. The van der Waals surface area contributed by atoms with Gasteiger partial charge in [0.2, 0.25) is 0 Å². The summed E-state index contributed by atoms with van der Waals surface area (Å²) in [6.07, 6.45) is 4.11. The summed E-state index contributed by atoms with van der Waals surface area (Å²) in [6.45, 7) is 1.93. The fourth-order valence-corrected chi connectivity index (χ4v) is 2.17. The lowest BCUT2D eigenvalue weighted by molar-refractivity contribution is 0.346. The molecule has 0 atom stereocenters. The molecule has 0 aromatic carbocycles. The molecule has 3 nitrogen and oxygen atoms in total. The number of hydrogen-bond acceptors (Lipinski definition) is 2. The molecule has 0 saturated heterocycles. The Bertz CT molecular complexity index is 405. The van der Waals surface area contributed by atoms with Crippen molar-refractivity contribution in [3.8, 4) is 0 Å². The number of pyridine rings is 1. The molecule has 0 aliphatic carbocycles. The van der Waals surface area contributed by atoms with Crippen molar-refractivity contribution < 1.29 is 0 Å². The molecule has 0 N–H and O–H groups in total. The normalized spacial score (nSPS) is 11.4. The first-order chi connectivity index (χ1) is 7.29. The van der Waals surface area contributed by atoms with Gasteiger partial charge >= 0.3 is 0 Å². The Balaban J connectivity index is 2.15. The minimum Gasteiger partial charge on any atom is -0.307 e. The van der Waals surface area contributed by atoms with E-state index in [9.17, 15) is 0 Å². The summed E-state index contributed by atoms with van der Waals surface area (Å²) in [5.41, 5.74) is 2.13. The second kappa shape index (κ2) is 4.77. The molecule has 15 heavy (non-hydrogen) atoms. The van der Waals surface area contributed by atoms with Gasteiger partial charge in [0.05, 0.1) is 5.69 Å². The van der Waals surface area contributed by atoms with Gasteiger partial charge in [-0.05, 0) is 19.2 Å². The van der Waals surface area contributed by atoms with Crippen LogP contribution in [-0.4, -0.2) is 33.2 Å². The van der Waals surface area contributed by atoms with E-state index in [0.717, 1.165) is 29.8 Å². The first-order valence-corrected chi connectivity index (χ1v) is 6.09. The fourth-order valence-electron chi connectivity index (χ4n) is 1.56. The molecule has 2 rings (SSSR count). The van der Waals surface area contributed by atoms with Crippen molar-refractivity contribution in [1.82, 2.24) is 14.3 Å². The molecule has 4 heteroatoms. The number of imidazole rings is 1. The molecule has 2 heterocycles. The summed E-state index contributed by atoms with van der Waals surface area (Å²) < 4.78 is 2.05. The van der Waals surface area contributed by atoms with Gasteiger partial charge in [-0.2, -0.15) is 0 Å². The molecular weight excluding hydrogens is 254 g/mol. The first-order valence-electron chi connectivity index (χ1n) is 4.97. The lowest BCUT2D eigenvalue weighted by Crippen LogP contribution is -2.20. The number of aromatic nitrogens is 2. The van der Waals surface area contributed by atoms with Crippen LogP contribution in [0, 0.1) is 0 Å². The zero-order valence-electron chi connectivity index (χ0n) is 8.73. The Hall–Kier alpha value is -0.870. The van der Waals surface area contributed by atoms with Crippen molar-refractivity contribution >= 4 is 21.6 Å². The first kappa shape index (κ1) is 10.6. The molecule has 0 spiro atoms. The maximum atomic E-state index is 4.54. The number of hydrogen-bond donors (Lipinski definition) is 0. The van der Waals surface area contributed by atoms with Crippen molar-refractivity contribution in [2.45, 2.75) is 6.54 Å². The largest absolute Gasteiger partial charge is 0.307 e. The molecule has 0 aliphatic heterocycles. The highest BCUT2D eigenvalue weighted by atomic mass is 79.9. The van der Waals surface area contributed by atoms with E-state index in [1.165, 1.54) is 0 Å². The van der Waals surface area contributed by atoms with Crippen LogP contribution in [0.15, 0.2) is 30.6 Å². The molecule has 80 valence electrons. The van der Waals surface area contributed by atoms with Crippen LogP contribution in [0.5, 0.6) is 0 Å². The molecule has 0 saturated carbocycles. The van der Waals surface area contributed by atoms with Crippen molar-refractivity contribution in [2.75, 3.05) is 18.9 Å². The molecule has 0 bridgehead atoms. The quantitative estimate of drug-likeness (QED) is 0.792. The lowest BCUT2D eigenvalue weighted by atomic mass is 10.4. The average Bonchev–Trinajstić information content (AvgIpc) is 2.59. The average molecular weight is 268 g/mol. The lowest BCUT2D eigenvalue weighted by Gasteiger charge is -2.12. The molecule has 0 unspecified atom stereocenters. The number of halogens is 1. The smallest absolute Gasteiger partial charge is 0.137 e. The van der Waals surface area contributed by atoms with E-state index in [1.54, 1.807) is 0 Å². The van der Waals surface area contributed by atoms with E-state index >= 15 is 0 Å². The van der Waals surface area contributed by atoms with Gasteiger partial charge in [0.15, 0.2) is 0 Å². The third-order valence-corrected chi connectivity index (χ3v) is 2.67. The summed E-state index contributed by atoms with van der Waals surface area (Å²) >= 11 is 3.43. The minimum absolute atomic E-state index is 0.896. The molecule has 0 radical (unpaired) electrons. The van der Waals surface area contributed by atoms with Gasteiger partial charge in [0, 0.05) is 30.8 Å². The Morgan fingerprint density at radius 2 is 2.33 bits per heavy atom. The third kappa shape index (κ3) is 2.58. The second-order valence-corrected chi connectivity index (χ2v) is 4.42. The topological polar surface area (TPSA) is 20.5 Å².